The van der Waals surface area contributed by atoms with Gasteiger partial charge in [-0.3, -0.25) is 4.79 Å². The van der Waals surface area contributed by atoms with Crippen LogP contribution in [0.3, 0.4) is 0 Å². The SMILES string of the molecule is COc1ccc(S[C@@H](C)C(=O)N2CCN(S(=O)(=O)c3ccccc3)CC2)cc1. The number of nitrogens with zero attached hydrogens (tertiary/aromatic N) is 2. The van der Waals surface area contributed by atoms with Gasteiger partial charge < -0.3 is 9.64 Å². The number of piperazine rings is 1. The molecule has 0 spiro atoms. The van der Waals surface area contributed by atoms with Gasteiger partial charge in [0.2, 0.25) is 15.9 Å². The van der Waals surface area contributed by atoms with Gasteiger partial charge in [0, 0.05) is 31.1 Å². The summed E-state index contributed by atoms with van der Waals surface area (Å²) in [6.07, 6.45) is 0. The zero-order valence-electron chi connectivity index (χ0n) is 15.9. The fourth-order valence-corrected chi connectivity index (χ4v) is 5.45. The molecule has 8 heteroatoms. The molecule has 0 saturated carbocycles. The van der Waals surface area contributed by atoms with Crippen LogP contribution in [0.15, 0.2) is 64.4 Å². The molecule has 150 valence electrons. The maximum Gasteiger partial charge on any atom is 0.243 e. The van der Waals surface area contributed by atoms with Crippen LogP contribution in [0.1, 0.15) is 6.92 Å². The number of sulfonamides is 1. The second kappa shape index (κ2) is 8.98. The summed E-state index contributed by atoms with van der Waals surface area (Å²) in [5.74, 6) is 0.802. The molecular formula is C20H24N2O4S2. The summed E-state index contributed by atoms with van der Waals surface area (Å²) in [7, 11) is -1.89. The van der Waals surface area contributed by atoms with Gasteiger partial charge in [0.1, 0.15) is 5.75 Å². The molecule has 0 radical (unpaired) electrons. The van der Waals surface area contributed by atoms with E-state index >= 15 is 0 Å². The molecule has 0 bridgehead atoms. The predicted octanol–water partition coefficient (Wildman–Crippen LogP) is 2.71. The molecule has 1 heterocycles. The number of carbonyl (C=O) groups is 1. The topological polar surface area (TPSA) is 66.9 Å². The molecule has 1 aliphatic rings. The number of rotatable bonds is 6. The Morgan fingerprint density at radius 1 is 1.00 bits per heavy atom. The summed E-state index contributed by atoms with van der Waals surface area (Å²) in [4.78, 5) is 15.8. The molecule has 1 fully saturated rings. The van der Waals surface area contributed by atoms with E-state index in [0.717, 1.165) is 10.6 Å². The van der Waals surface area contributed by atoms with E-state index in [4.69, 9.17) is 4.74 Å². The lowest BCUT2D eigenvalue weighted by Gasteiger charge is -2.35. The molecule has 3 rings (SSSR count). The van der Waals surface area contributed by atoms with Gasteiger partial charge in [-0.15, -0.1) is 11.8 Å². The Bertz CT molecular complexity index is 894. The predicted molar refractivity (Wildman–Crippen MR) is 110 cm³/mol. The first kappa shape index (κ1) is 20.7. The molecule has 2 aromatic rings. The van der Waals surface area contributed by atoms with Crippen LogP contribution in [0.2, 0.25) is 0 Å². The smallest absolute Gasteiger partial charge is 0.243 e. The minimum absolute atomic E-state index is 0.0255. The van der Waals surface area contributed by atoms with Gasteiger partial charge in [-0.05, 0) is 43.3 Å². The lowest BCUT2D eigenvalue weighted by atomic mass is 10.3. The van der Waals surface area contributed by atoms with Crippen molar-refractivity contribution < 1.29 is 17.9 Å². The van der Waals surface area contributed by atoms with Gasteiger partial charge in [-0.1, -0.05) is 18.2 Å². The monoisotopic (exact) mass is 420 g/mol. The normalized spacial score (nSPS) is 16.6. The molecular weight excluding hydrogens is 396 g/mol. The minimum atomic E-state index is -3.51. The van der Waals surface area contributed by atoms with E-state index in [2.05, 4.69) is 0 Å². The molecule has 2 aromatic carbocycles. The molecule has 0 N–H and O–H groups in total. The molecule has 0 unspecified atom stereocenters. The van der Waals surface area contributed by atoms with E-state index in [-0.39, 0.29) is 11.2 Å². The van der Waals surface area contributed by atoms with Crippen molar-refractivity contribution in [3.05, 3.63) is 54.6 Å². The Balaban J connectivity index is 1.57. The average molecular weight is 421 g/mol. The summed E-state index contributed by atoms with van der Waals surface area (Å²) < 4.78 is 32.0. The van der Waals surface area contributed by atoms with E-state index in [1.165, 1.54) is 16.1 Å². The maximum absolute atomic E-state index is 12.8. The van der Waals surface area contributed by atoms with Crippen LogP contribution < -0.4 is 4.74 Å². The summed E-state index contributed by atoms with van der Waals surface area (Å²) in [5, 5.41) is -0.245. The van der Waals surface area contributed by atoms with Gasteiger partial charge in [0.05, 0.1) is 17.3 Å². The van der Waals surface area contributed by atoms with Crippen LogP contribution >= 0.6 is 11.8 Å². The van der Waals surface area contributed by atoms with Crippen LogP contribution in [0.5, 0.6) is 5.75 Å². The summed E-state index contributed by atoms with van der Waals surface area (Å²) in [6, 6.07) is 16.0. The van der Waals surface area contributed by atoms with Gasteiger partial charge in [0.15, 0.2) is 0 Å². The van der Waals surface area contributed by atoms with Crippen molar-refractivity contribution in [1.29, 1.82) is 0 Å². The average Bonchev–Trinajstić information content (AvgIpc) is 2.74. The molecule has 6 nitrogen and oxygen atoms in total. The third-order valence-corrected chi connectivity index (χ3v) is 7.66. The second-order valence-electron chi connectivity index (χ2n) is 6.48. The number of thioether (sulfide) groups is 1. The van der Waals surface area contributed by atoms with Crippen molar-refractivity contribution in [3.63, 3.8) is 0 Å². The minimum Gasteiger partial charge on any atom is -0.497 e. The van der Waals surface area contributed by atoms with E-state index in [1.807, 2.05) is 31.2 Å². The lowest BCUT2D eigenvalue weighted by Crippen LogP contribution is -2.52. The number of hydrogen-bond acceptors (Lipinski definition) is 5. The van der Waals surface area contributed by atoms with Gasteiger partial charge in [-0.2, -0.15) is 4.31 Å². The third-order valence-electron chi connectivity index (χ3n) is 4.65. The van der Waals surface area contributed by atoms with Crippen molar-refractivity contribution in [2.75, 3.05) is 33.3 Å². The fraction of sp³-hybridized carbons (Fsp3) is 0.350. The molecule has 0 aromatic heterocycles. The molecule has 1 saturated heterocycles. The summed E-state index contributed by atoms with van der Waals surface area (Å²) >= 11 is 1.49. The van der Waals surface area contributed by atoms with Crippen LogP contribution in [0.25, 0.3) is 0 Å². The number of benzene rings is 2. The highest BCUT2D eigenvalue weighted by Crippen LogP contribution is 2.27. The zero-order chi connectivity index (χ0) is 20.1. The van der Waals surface area contributed by atoms with Crippen molar-refractivity contribution >= 4 is 27.7 Å². The maximum atomic E-state index is 12.8. The van der Waals surface area contributed by atoms with Crippen LogP contribution in [0, 0.1) is 0 Å². The Hall–Kier alpha value is -2.03. The Labute approximate surface area is 170 Å². The summed E-state index contributed by atoms with van der Waals surface area (Å²) in [6.45, 7) is 3.30. The van der Waals surface area contributed by atoms with Crippen molar-refractivity contribution in [2.24, 2.45) is 0 Å². The van der Waals surface area contributed by atoms with E-state index in [9.17, 15) is 13.2 Å². The van der Waals surface area contributed by atoms with Gasteiger partial charge in [0.25, 0.3) is 0 Å². The van der Waals surface area contributed by atoms with Crippen LogP contribution in [-0.4, -0.2) is 62.1 Å². The van der Waals surface area contributed by atoms with E-state index in [1.54, 1.807) is 42.3 Å². The highest BCUT2D eigenvalue weighted by molar-refractivity contribution is 8.00. The first-order chi connectivity index (χ1) is 13.4. The number of amides is 1. The van der Waals surface area contributed by atoms with Crippen molar-refractivity contribution in [2.45, 2.75) is 22.0 Å². The molecule has 1 aliphatic heterocycles. The van der Waals surface area contributed by atoms with Crippen LogP contribution in [0.4, 0.5) is 0 Å². The number of methoxy groups -OCH3 is 1. The quantitative estimate of drug-likeness (QED) is 0.672. The molecule has 1 atom stereocenters. The Morgan fingerprint density at radius 2 is 1.61 bits per heavy atom. The highest BCUT2D eigenvalue weighted by atomic mass is 32.2. The second-order valence-corrected chi connectivity index (χ2v) is 9.83. The molecule has 28 heavy (non-hydrogen) atoms. The first-order valence-electron chi connectivity index (χ1n) is 9.06. The Morgan fingerprint density at radius 3 is 2.18 bits per heavy atom. The third kappa shape index (κ3) is 4.68. The van der Waals surface area contributed by atoms with Gasteiger partial charge in [-0.25, -0.2) is 8.42 Å². The lowest BCUT2D eigenvalue weighted by molar-refractivity contribution is -0.131. The number of ether oxygens (including phenoxy) is 1. The zero-order valence-corrected chi connectivity index (χ0v) is 17.6. The van der Waals surface area contributed by atoms with Crippen molar-refractivity contribution in [1.82, 2.24) is 9.21 Å². The standard InChI is InChI=1S/C20H24N2O4S2/c1-16(27-18-10-8-17(26-2)9-11-18)20(23)21-12-14-22(15-13-21)28(24,25)19-6-4-3-5-7-19/h3-11,16H,12-15H2,1-2H3/t16-/m0/s1. The first-order valence-corrected chi connectivity index (χ1v) is 11.4. The largest absolute Gasteiger partial charge is 0.497 e. The molecule has 1 amide bonds. The summed E-state index contributed by atoms with van der Waals surface area (Å²) in [5.41, 5.74) is 0. The van der Waals surface area contributed by atoms with Crippen LogP contribution in [-0.2, 0) is 14.8 Å². The highest BCUT2D eigenvalue weighted by Gasteiger charge is 2.31. The number of carbonyl (C=O) groups excluding carboxylic acids is 1. The molecule has 0 aliphatic carbocycles. The fourth-order valence-electron chi connectivity index (χ4n) is 3.06. The van der Waals surface area contributed by atoms with E-state index in [0.29, 0.717) is 31.1 Å². The number of hydrogen-bond donors (Lipinski definition) is 0. The van der Waals surface area contributed by atoms with Gasteiger partial charge >= 0.3 is 0 Å². The van der Waals surface area contributed by atoms with Crippen molar-refractivity contribution in [3.8, 4) is 5.75 Å². The Kier molecular flexibility index (Phi) is 6.64. The van der Waals surface area contributed by atoms with E-state index < -0.39 is 10.0 Å².